The number of amides is 1. The molecular formula is C12H18N2O. The number of hydrogen-bond acceptors (Lipinski definition) is 2. The zero-order valence-electron chi connectivity index (χ0n) is 9.45. The van der Waals surface area contributed by atoms with Crippen LogP contribution in [-0.2, 0) is 0 Å². The van der Waals surface area contributed by atoms with E-state index in [9.17, 15) is 4.79 Å². The molecule has 0 spiro atoms. The lowest BCUT2D eigenvalue weighted by molar-refractivity contribution is 0.0922. The minimum atomic E-state index is -0.0944. The summed E-state index contributed by atoms with van der Waals surface area (Å²) in [5, 5.41) is 0. The Hall–Kier alpha value is -1.35. The molecule has 0 aliphatic heterocycles. The number of hydrazine groups is 1. The van der Waals surface area contributed by atoms with Gasteiger partial charge in [-0.05, 0) is 25.0 Å². The summed E-state index contributed by atoms with van der Waals surface area (Å²) in [5.41, 5.74) is 6.34. The Morgan fingerprint density at radius 3 is 2.27 bits per heavy atom. The SMILES string of the molecule is CC(C)[C@@H](C)NNC(=O)c1ccccc1. The predicted molar refractivity (Wildman–Crippen MR) is 61.3 cm³/mol. The van der Waals surface area contributed by atoms with Crippen molar-refractivity contribution in [3.05, 3.63) is 35.9 Å². The maximum absolute atomic E-state index is 11.6. The van der Waals surface area contributed by atoms with Crippen LogP contribution >= 0.6 is 0 Å². The van der Waals surface area contributed by atoms with Gasteiger partial charge in [0.1, 0.15) is 0 Å². The number of carbonyl (C=O) groups is 1. The molecule has 1 aromatic carbocycles. The van der Waals surface area contributed by atoms with Gasteiger partial charge in [-0.3, -0.25) is 10.2 Å². The average molecular weight is 206 g/mol. The summed E-state index contributed by atoms with van der Waals surface area (Å²) < 4.78 is 0. The molecule has 0 aliphatic carbocycles. The molecule has 2 N–H and O–H groups in total. The molecule has 0 saturated carbocycles. The first-order chi connectivity index (χ1) is 7.11. The predicted octanol–water partition coefficient (Wildman–Crippen LogP) is 1.97. The van der Waals surface area contributed by atoms with Crippen LogP contribution < -0.4 is 10.9 Å². The van der Waals surface area contributed by atoms with Crippen LogP contribution in [0.3, 0.4) is 0 Å². The van der Waals surface area contributed by atoms with Gasteiger partial charge in [-0.2, -0.15) is 0 Å². The molecule has 1 amide bonds. The normalized spacial score (nSPS) is 12.5. The summed E-state index contributed by atoms with van der Waals surface area (Å²) in [6.07, 6.45) is 0. The van der Waals surface area contributed by atoms with Gasteiger partial charge in [0, 0.05) is 11.6 Å². The second-order valence-corrected chi connectivity index (χ2v) is 4.00. The quantitative estimate of drug-likeness (QED) is 0.739. The smallest absolute Gasteiger partial charge is 0.265 e. The largest absolute Gasteiger partial charge is 0.287 e. The molecule has 0 unspecified atom stereocenters. The van der Waals surface area contributed by atoms with Crippen LogP contribution in [0.2, 0.25) is 0 Å². The van der Waals surface area contributed by atoms with Crippen molar-refractivity contribution in [1.29, 1.82) is 0 Å². The highest BCUT2D eigenvalue weighted by atomic mass is 16.2. The molecule has 1 rings (SSSR count). The lowest BCUT2D eigenvalue weighted by atomic mass is 10.1. The fraction of sp³-hybridized carbons (Fsp3) is 0.417. The third-order valence-corrected chi connectivity index (χ3v) is 2.45. The van der Waals surface area contributed by atoms with Crippen LogP contribution in [0.15, 0.2) is 30.3 Å². The topological polar surface area (TPSA) is 41.1 Å². The fourth-order valence-electron chi connectivity index (χ4n) is 1.01. The van der Waals surface area contributed by atoms with Crippen LogP contribution in [0.25, 0.3) is 0 Å². The number of nitrogens with one attached hydrogen (secondary N) is 2. The van der Waals surface area contributed by atoms with E-state index in [0.29, 0.717) is 11.5 Å². The summed E-state index contributed by atoms with van der Waals surface area (Å²) in [4.78, 5) is 11.6. The van der Waals surface area contributed by atoms with E-state index in [1.165, 1.54) is 0 Å². The minimum absolute atomic E-state index is 0.0944. The highest BCUT2D eigenvalue weighted by Crippen LogP contribution is 2.00. The standard InChI is InChI=1S/C12H18N2O/c1-9(2)10(3)13-14-12(15)11-7-5-4-6-8-11/h4-10,13H,1-3H3,(H,14,15)/t10-/m1/s1. The lowest BCUT2D eigenvalue weighted by Gasteiger charge is -2.17. The van der Waals surface area contributed by atoms with Crippen molar-refractivity contribution in [3.8, 4) is 0 Å². The van der Waals surface area contributed by atoms with Crippen LogP contribution in [0.4, 0.5) is 0 Å². The fourth-order valence-corrected chi connectivity index (χ4v) is 1.01. The van der Waals surface area contributed by atoms with Crippen molar-refractivity contribution >= 4 is 5.91 Å². The van der Waals surface area contributed by atoms with Gasteiger partial charge in [-0.15, -0.1) is 0 Å². The van der Waals surface area contributed by atoms with Gasteiger partial charge >= 0.3 is 0 Å². The Balaban J connectivity index is 2.44. The molecule has 0 bridgehead atoms. The molecule has 1 atom stereocenters. The third kappa shape index (κ3) is 3.72. The van der Waals surface area contributed by atoms with E-state index >= 15 is 0 Å². The highest BCUT2D eigenvalue weighted by Gasteiger charge is 2.08. The Labute approximate surface area is 90.9 Å². The molecule has 0 aromatic heterocycles. The Bertz CT molecular complexity index is 309. The van der Waals surface area contributed by atoms with Crippen molar-refractivity contribution in [3.63, 3.8) is 0 Å². The molecule has 3 heteroatoms. The second-order valence-electron chi connectivity index (χ2n) is 4.00. The van der Waals surface area contributed by atoms with Gasteiger partial charge in [-0.25, -0.2) is 5.43 Å². The molecule has 0 aliphatic rings. The van der Waals surface area contributed by atoms with E-state index in [2.05, 4.69) is 24.7 Å². The van der Waals surface area contributed by atoms with Crippen molar-refractivity contribution in [2.45, 2.75) is 26.8 Å². The van der Waals surface area contributed by atoms with E-state index < -0.39 is 0 Å². The summed E-state index contributed by atoms with van der Waals surface area (Å²) in [7, 11) is 0. The van der Waals surface area contributed by atoms with Crippen LogP contribution in [0.1, 0.15) is 31.1 Å². The Morgan fingerprint density at radius 2 is 1.73 bits per heavy atom. The van der Waals surface area contributed by atoms with Gasteiger partial charge in [0.2, 0.25) is 0 Å². The van der Waals surface area contributed by atoms with Crippen LogP contribution in [0, 0.1) is 5.92 Å². The molecule has 0 saturated heterocycles. The van der Waals surface area contributed by atoms with Gasteiger partial charge < -0.3 is 0 Å². The third-order valence-electron chi connectivity index (χ3n) is 2.45. The van der Waals surface area contributed by atoms with E-state index in [1.54, 1.807) is 12.1 Å². The molecule has 0 heterocycles. The summed E-state index contributed by atoms with van der Waals surface area (Å²) in [6.45, 7) is 6.24. The van der Waals surface area contributed by atoms with Crippen molar-refractivity contribution in [1.82, 2.24) is 10.9 Å². The molecule has 15 heavy (non-hydrogen) atoms. The van der Waals surface area contributed by atoms with Crippen molar-refractivity contribution in [2.24, 2.45) is 5.92 Å². The number of hydrogen-bond donors (Lipinski definition) is 2. The van der Waals surface area contributed by atoms with Gasteiger partial charge in [0.05, 0.1) is 0 Å². The lowest BCUT2D eigenvalue weighted by Crippen LogP contribution is -2.45. The summed E-state index contributed by atoms with van der Waals surface area (Å²) in [5.74, 6) is 0.393. The van der Waals surface area contributed by atoms with E-state index in [0.717, 1.165) is 0 Å². The van der Waals surface area contributed by atoms with Gasteiger partial charge in [-0.1, -0.05) is 32.0 Å². The van der Waals surface area contributed by atoms with Gasteiger partial charge in [0.25, 0.3) is 5.91 Å². The van der Waals surface area contributed by atoms with E-state index in [4.69, 9.17) is 0 Å². The molecule has 3 nitrogen and oxygen atoms in total. The first-order valence-corrected chi connectivity index (χ1v) is 5.22. The minimum Gasteiger partial charge on any atom is -0.287 e. The highest BCUT2D eigenvalue weighted by molar-refractivity contribution is 5.93. The first kappa shape index (κ1) is 11.7. The average Bonchev–Trinajstić information content (AvgIpc) is 2.26. The van der Waals surface area contributed by atoms with E-state index in [-0.39, 0.29) is 11.9 Å². The Kier molecular flexibility index (Phi) is 4.31. The maximum Gasteiger partial charge on any atom is 0.265 e. The summed E-state index contributed by atoms with van der Waals surface area (Å²) >= 11 is 0. The maximum atomic E-state index is 11.6. The molecular weight excluding hydrogens is 188 g/mol. The zero-order valence-corrected chi connectivity index (χ0v) is 9.45. The molecule has 1 aromatic rings. The Morgan fingerprint density at radius 1 is 1.13 bits per heavy atom. The van der Waals surface area contributed by atoms with Crippen LogP contribution in [0.5, 0.6) is 0 Å². The monoisotopic (exact) mass is 206 g/mol. The second kappa shape index (κ2) is 5.51. The van der Waals surface area contributed by atoms with Crippen LogP contribution in [-0.4, -0.2) is 11.9 Å². The van der Waals surface area contributed by atoms with E-state index in [1.807, 2.05) is 25.1 Å². The molecule has 0 fully saturated rings. The zero-order chi connectivity index (χ0) is 11.3. The van der Waals surface area contributed by atoms with Crippen molar-refractivity contribution in [2.75, 3.05) is 0 Å². The summed E-state index contributed by atoms with van der Waals surface area (Å²) in [6, 6.07) is 9.43. The molecule has 0 radical (unpaired) electrons. The number of benzene rings is 1. The van der Waals surface area contributed by atoms with Crippen molar-refractivity contribution < 1.29 is 4.79 Å². The number of rotatable bonds is 4. The molecule has 82 valence electrons. The first-order valence-electron chi connectivity index (χ1n) is 5.22. The van der Waals surface area contributed by atoms with Gasteiger partial charge in [0.15, 0.2) is 0 Å². The number of carbonyl (C=O) groups excluding carboxylic acids is 1.